The van der Waals surface area contributed by atoms with Gasteiger partial charge in [-0.05, 0) is 66.6 Å². The van der Waals surface area contributed by atoms with Crippen LogP contribution in [0.5, 0.6) is 11.5 Å². The van der Waals surface area contributed by atoms with Crippen LogP contribution in [-0.4, -0.2) is 34.6 Å². The number of oxazole rings is 1. The van der Waals surface area contributed by atoms with Crippen molar-refractivity contribution in [1.82, 2.24) is 10.3 Å². The number of aromatic nitrogens is 1. The molecule has 0 radical (unpaired) electrons. The lowest BCUT2D eigenvalue weighted by atomic mass is 10.1. The van der Waals surface area contributed by atoms with Crippen molar-refractivity contribution in [3.8, 4) is 23.0 Å². The molecule has 5 aromatic rings. The Morgan fingerprint density at radius 3 is 2.12 bits per heavy atom. The van der Waals surface area contributed by atoms with Gasteiger partial charge in [-0.1, -0.05) is 60.7 Å². The van der Waals surface area contributed by atoms with Crippen LogP contribution >= 0.6 is 0 Å². The normalized spacial score (nSPS) is 11.5. The van der Waals surface area contributed by atoms with Crippen molar-refractivity contribution in [2.75, 3.05) is 6.61 Å². The number of benzene rings is 4. The third-order valence-corrected chi connectivity index (χ3v) is 6.85. The zero-order valence-corrected chi connectivity index (χ0v) is 23.7. The number of amides is 1. The maximum absolute atomic E-state index is 12.8. The van der Waals surface area contributed by atoms with E-state index in [1.54, 1.807) is 48.5 Å². The molecule has 0 spiro atoms. The first-order valence-corrected chi connectivity index (χ1v) is 14.0. The molecule has 43 heavy (non-hydrogen) atoms. The van der Waals surface area contributed by atoms with Crippen LogP contribution in [0.4, 0.5) is 0 Å². The SMILES string of the molecule is Cc1oc(-c2ccccc2)nc1CCOc1ccc(C(=O)N[C@@H](Cc2ccc(OCc3ccccc3)cc2)C(=O)O)cc1. The molecule has 0 saturated carbocycles. The van der Waals surface area contributed by atoms with Crippen LogP contribution in [0, 0.1) is 6.92 Å². The van der Waals surface area contributed by atoms with Crippen LogP contribution in [0.3, 0.4) is 0 Å². The summed E-state index contributed by atoms with van der Waals surface area (Å²) < 4.78 is 17.4. The Balaban J connectivity index is 1.10. The Bertz CT molecular complexity index is 1630. The van der Waals surface area contributed by atoms with Crippen molar-refractivity contribution in [3.05, 3.63) is 137 Å². The minimum absolute atomic E-state index is 0.134. The maximum Gasteiger partial charge on any atom is 0.326 e. The Labute approximate surface area is 249 Å². The number of carbonyl (C=O) groups excluding carboxylic acids is 1. The molecule has 0 aliphatic carbocycles. The van der Waals surface area contributed by atoms with Crippen molar-refractivity contribution < 1.29 is 28.6 Å². The van der Waals surface area contributed by atoms with E-state index < -0.39 is 17.9 Å². The van der Waals surface area contributed by atoms with E-state index in [9.17, 15) is 14.7 Å². The highest BCUT2D eigenvalue weighted by atomic mass is 16.5. The van der Waals surface area contributed by atoms with Crippen LogP contribution in [0.1, 0.15) is 32.9 Å². The summed E-state index contributed by atoms with van der Waals surface area (Å²) in [6, 6.07) is 32.2. The summed E-state index contributed by atoms with van der Waals surface area (Å²) in [5.41, 5.74) is 3.90. The van der Waals surface area contributed by atoms with E-state index in [1.165, 1.54) is 0 Å². The number of carbonyl (C=O) groups is 2. The van der Waals surface area contributed by atoms with Gasteiger partial charge in [0, 0.05) is 24.0 Å². The van der Waals surface area contributed by atoms with Gasteiger partial charge in [-0.3, -0.25) is 4.79 Å². The second-order valence-corrected chi connectivity index (χ2v) is 10.00. The topological polar surface area (TPSA) is 111 Å². The Morgan fingerprint density at radius 2 is 1.44 bits per heavy atom. The summed E-state index contributed by atoms with van der Waals surface area (Å²) in [4.78, 5) is 29.3. The van der Waals surface area contributed by atoms with E-state index in [4.69, 9.17) is 13.9 Å². The molecule has 0 bridgehead atoms. The highest BCUT2D eigenvalue weighted by Gasteiger charge is 2.21. The van der Waals surface area contributed by atoms with Crippen LogP contribution in [0.25, 0.3) is 11.5 Å². The van der Waals surface area contributed by atoms with Gasteiger partial charge in [-0.2, -0.15) is 0 Å². The molecule has 0 aliphatic heterocycles. The van der Waals surface area contributed by atoms with Crippen molar-refractivity contribution in [1.29, 1.82) is 0 Å². The second-order valence-electron chi connectivity index (χ2n) is 10.00. The molecule has 2 N–H and O–H groups in total. The summed E-state index contributed by atoms with van der Waals surface area (Å²) in [5.74, 6) is 0.997. The molecule has 1 amide bonds. The highest BCUT2D eigenvalue weighted by molar-refractivity contribution is 5.96. The molecule has 5 rings (SSSR count). The number of nitrogens with one attached hydrogen (secondary N) is 1. The molecular formula is C35H32N2O6. The van der Waals surface area contributed by atoms with E-state index in [1.807, 2.05) is 67.6 Å². The third kappa shape index (κ3) is 8.10. The molecule has 1 aromatic heterocycles. The first-order chi connectivity index (χ1) is 20.9. The Kier molecular flexibility index (Phi) is 9.49. The second kappa shape index (κ2) is 14.0. The van der Waals surface area contributed by atoms with Crippen molar-refractivity contribution in [2.24, 2.45) is 0 Å². The molecule has 0 unspecified atom stereocenters. The number of nitrogens with zero attached hydrogens (tertiary/aromatic N) is 1. The van der Waals surface area contributed by atoms with E-state index in [-0.39, 0.29) is 6.42 Å². The molecule has 1 heterocycles. The number of aryl methyl sites for hydroxylation is 1. The number of aliphatic carboxylic acids is 1. The summed E-state index contributed by atoms with van der Waals surface area (Å²) in [7, 11) is 0. The van der Waals surface area contributed by atoms with Crippen molar-refractivity contribution in [2.45, 2.75) is 32.4 Å². The lowest BCUT2D eigenvalue weighted by molar-refractivity contribution is -0.139. The number of carboxylic acid groups (broad SMARTS) is 1. The van der Waals surface area contributed by atoms with Gasteiger partial charge in [0.05, 0.1) is 12.3 Å². The van der Waals surface area contributed by atoms with Gasteiger partial charge in [0.25, 0.3) is 5.91 Å². The van der Waals surface area contributed by atoms with Gasteiger partial charge in [-0.15, -0.1) is 0 Å². The van der Waals surface area contributed by atoms with Crippen molar-refractivity contribution >= 4 is 11.9 Å². The van der Waals surface area contributed by atoms with Gasteiger partial charge in [-0.25, -0.2) is 9.78 Å². The monoisotopic (exact) mass is 576 g/mol. The zero-order chi connectivity index (χ0) is 30.0. The minimum atomic E-state index is -1.11. The van der Waals surface area contributed by atoms with Crippen LogP contribution in [0.15, 0.2) is 114 Å². The predicted molar refractivity (Wildman–Crippen MR) is 162 cm³/mol. The fraction of sp³-hybridized carbons (Fsp3) is 0.171. The molecule has 0 saturated heterocycles. The largest absolute Gasteiger partial charge is 0.493 e. The molecule has 4 aromatic carbocycles. The molecule has 8 nitrogen and oxygen atoms in total. The predicted octanol–water partition coefficient (Wildman–Crippen LogP) is 6.28. The number of carboxylic acids is 1. The average molecular weight is 577 g/mol. The molecular weight excluding hydrogens is 544 g/mol. The number of hydrogen-bond donors (Lipinski definition) is 2. The minimum Gasteiger partial charge on any atom is -0.493 e. The first kappa shape index (κ1) is 29.1. The number of ether oxygens (including phenoxy) is 2. The Hall–Kier alpha value is -5.37. The maximum atomic E-state index is 12.8. The summed E-state index contributed by atoms with van der Waals surface area (Å²) in [6.45, 7) is 2.70. The lowest BCUT2D eigenvalue weighted by Crippen LogP contribution is -2.42. The van der Waals surface area contributed by atoms with E-state index in [2.05, 4.69) is 10.3 Å². The van der Waals surface area contributed by atoms with Gasteiger partial charge >= 0.3 is 5.97 Å². The average Bonchev–Trinajstić information content (AvgIpc) is 3.41. The number of hydrogen-bond acceptors (Lipinski definition) is 6. The summed E-state index contributed by atoms with van der Waals surface area (Å²) in [6.07, 6.45) is 0.694. The molecule has 0 aliphatic rings. The Morgan fingerprint density at radius 1 is 0.814 bits per heavy atom. The standard InChI is InChI=1S/C35H32N2O6/c1-24-31(37-34(43-24)28-10-6-3-7-11-28)20-21-41-29-18-14-27(15-19-29)33(38)36-32(35(39)40)22-25-12-16-30(17-13-25)42-23-26-8-4-2-5-9-26/h2-19,32H,20-23H2,1H3,(H,36,38)(H,39,40)/t32-/m0/s1. The quantitative estimate of drug-likeness (QED) is 0.170. The summed E-state index contributed by atoms with van der Waals surface area (Å²) in [5, 5.41) is 12.4. The van der Waals surface area contributed by atoms with Crippen LogP contribution in [-0.2, 0) is 24.2 Å². The van der Waals surface area contributed by atoms with Gasteiger partial charge in [0.2, 0.25) is 5.89 Å². The van der Waals surface area contributed by atoms with Gasteiger partial charge in [0.15, 0.2) is 0 Å². The lowest BCUT2D eigenvalue weighted by Gasteiger charge is -2.15. The van der Waals surface area contributed by atoms with Crippen LogP contribution < -0.4 is 14.8 Å². The molecule has 1 atom stereocenters. The molecule has 0 fully saturated rings. The fourth-order valence-electron chi connectivity index (χ4n) is 4.47. The number of rotatable bonds is 13. The van der Waals surface area contributed by atoms with Gasteiger partial charge in [0.1, 0.15) is 29.9 Å². The van der Waals surface area contributed by atoms with E-state index in [0.717, 1.165) is 28.1 Å². The molecule has 8 heteroatoms. The van der Waals surface area contributed by atoms with Crippen LogP contribution in [0.2, 0.25) is 0 Å². The molecule has 218 valence electrons. The fourth-order valence-corrected chi connectivity index (χ4v) is 4.47. The van der Waals surface area contributed by atoms with Gasteiger partial charge < -0.3 is 24.3 Å². The smallest absolute Gasteiger partial charge is 0.326 e. The third-order valence-electron chi connectivity index (χ3n) is 6.85. The van der Waals surface area contributed by atoms with E-state index >= 15 is 0 Å². The highest BCUT2D eigenvalue weighted by Crippen LogP contribution is 2.22. The van der Waals surface area contributed by atoms with Crippen molar-refractivity contribution in [3.63, 3.8) is 0 Å². The summed E-state index contributed by atoms with van der Waals surface area (Å²) >= 11 is 0. The van der Waals surface area contributed by atoms with E-state index in [0.29, 0.717) is 42.6 Å². The zero-order valence-electron chi connectivity index (χ0n) is 23.7. The first-order valence-electron chi connectivity index (χ1n) is 14.0.